The number of benzene rings is 1. The van der Waals surface area contributed by atoms with Crippen molar-refractivity contribution in [1.82, 2.24) is 0 Å². The standard InChI is InChI=1S/C22H39O2Si.3C4H9.Sn/c1-7-8-9-10-11-12-13-14-18-23-20-16-15-17-21(19-20)24-25(5,6)22(2,3)4;3*1-3-4-2;/h16-17,19H,7-14,18H2,1-6H3;3*1,3-4H2,2H3;. The van der Waals surface area contributed by atoms with Crippen LogP contribution in [0.1, 0.15) is 138 Å². The topological polar surface area (TPSA) is 18.5 Å². The molecular weight excluding hydrogens is 587 g/mol. The molecule has 0 aliphatic carbocycles. The fraction of sp³-hybridized carbons (Fsp3) is 0.824. The van der Waals surface area contributed by atoms with E-state index in [0.29, 0.717) is 0 Å². The average Bonchev–Trinajstić information content (AvgIpc) is 2.86. The van der Waals surface area contributed by atoms with Crippen molar-refractivity contribution in [2.45, 2.75) is 170 Å². The molecule has 1 aromatic carbocycles. The second-order valence-corrected chi connectivity index (χ2v) is 31.4. The number of hydrogen-bond acceptors (Lipinski definition) is 2. The van der Waals surface area contributed by atoms with Crippen molar-refractivity contribution in [3.05, 3.63) is 18.2 Å². The molecule has 38 heavy (non-hydrogen) atoms. The van der Waals surface area contributed by atoms with Crippen molar-refractivity contribution in [1.29, 1.82) is 0 Å². The Morgan fingerprint density at radius 2 is 1.05 bits per heavy atom. The van der Waals surface area contributed by atoms with Gasteiger partial charge in [0, 0.05) is 0 Å². The molecule has 1 rings (SSSR count). The number of ether oxygens (including phenoxy) is 1. The molecule has 0 saturated carbocycles. The van der Waals surface area contributed by atoms with Crippen LogP contribution in [0, 0.1) is 0 Å². The van der Waals surface area contributed by atoms with Crippen LogP contribution in [0.4, 0.5) is 0 Å². The first-order valence-corrected chi connectivity index (χ1v) is 26.9. The van der Waals surface area contributed by atoms with Gasteiger partial charge in [0.15, 0.2) is 0 Å². The molecule has 4 heteroatoms. The fourth-order valence-corrected chi connectivity index (χ4v) is 22.3. The van der Waals surface area contributed by atoms with Crippen molar-refractivity contribution in [3.8, 4) is 11.5 Å². The van der Waals surface area contributed by atoms with Crippen LogP contribution in [0.5, 0.6) is 11.5 Å². The molecule has 0 aliphatic rings. The van der Waals surface area contributed by atoms with Gasteiger partial charge < -0.3 is 0 Å². The predicted molar refractivity (Wildman–Crippen MR) is 177 cm³/mol. The normalized spacial score (nSPS) is 12.7. The van der Waals surface area contributed by atoms with Crippen LogP contribution in [-0.2, 0) is 0 Å². The third kappa shape index (κ3) is 13.0. The van der Waals surface area contributed by atoms with Gasteiger partial charge in [-0.05, 0) is 0 Å². The summed E-state index contributed by atoms with van der Waals surface area (Å²) in [5.41, 5.74) is 0. The Bertz CT molecular complexity index is 719. The van der Waals surface area contributed by atoms with Gasteiger partial charge in [-0.2, -0.15) is 0 Å². The van der Waals surface area contributed by atoms with Crippen molar-refractivity contribution in [2.24, 2.45) is 0 Å². The van der Waals surface area contributed by atoms with E-state index in [1.807, 2.05) is 0 Å². The SMILES string of the molecule is CCCCCCCCCCOc1cc(O[Si](C)(C)C(C)(C)C)c[c]([Sn]([CH2]CCC)([CH2]CCC)[CH2]CCC)c1. The van der Waals surface area contributed by atoms with Crippen LogP contribution < -0.4 is 12.7 Å². The van der Waals surface area contributed by atoms with E-state index >= 15 is 0 Å². The Balaban J connectivity index is 3.20. The van der Waals surface area contributed by atoms with Crippen molar-refractivity contribution in [2.75, 3.05) is 6.61 Å². The zero-order chi connectivity index (χ0) is 28.5. The van der Waals surface area contributed by atoms with Gasteiger partial charge in [-0.15, -0.1) is 0 Å². The van der Waals surface area contributed by atoms with E-state index in [1.54, 1.807) is 3.58 Å². The van der Waals surface area contributed by atoms with Gasteiger partial charge in [-0.3, -0.25) is 0 Å². The van der Waals surface area contributed by atoms with Crippen LogP contribution in [0.25, 0.3) is 0 Å². The minimum absolute atomic E-state index is 0.189. The Morgan fingerprint density at radius 1 is 0.605 bits per heavy atom. The van der Waals surface area contributed by atoms with Crippen LogP contribution in [-0.4, -0.2) is 33.3 Å². The first kappa shape index (κ1) is 35.9. The Labute approximate surface area is 244 Å². The maximum absolute atomic E-state index is 6.94. The van der Waals surface area contributed by atoms with Gasteiger partial charge >= 0.3 is 232 Å². The van der Waals surface area contributed by atoms with Crippen LogP contribution >= 0.6 is 0 Å². The van der Waals surface area contributed by atoms with Crippen LogP contribution in [0.3, 0.4) is 0 Å². The first-order valence-electron chi connectivity index (χ1n) is 16.5. The third-order valence-electron chi connectivity index (χ3n) is 8.96. The van der Waals surface area contributed by atoms with Crippen LogP contribution in [0.15, 0.2) is 18.2 Å². The third-order valence-corrected chi connectivity index (χ3v) is 28.9. The molecule has 0 aliphatic heterocycles. The summed E-state index contributed by atoms with van der Waals surface area (Å²) in [5.74, 6) is 2.16. The molecule has 222 valence electrons. The molecule has 0 unspecified atom stereocenters. The Morgan fingerprint density at radius 3 is 1.53 bits per heavy atom. The average molecular weight is 654 g/mol. The van der Waals surface area contributed by atoms with E-state index in [0.717, 1.165) is 24.5 Å². The Kier molecular flexibility index (Phi) is 18.0. The van der Waals surface area contributed by atoms with Gasteiger partial charge in [0.25, 0.3) is 0 Å². The van der Waals surface area contributed by atoms with Gasteiger partial charge in [0.1, 0.15) is 0 Å². The maximum atomic E-state index is 6.94. The van der Waals surface area contributed by atoms with Crippen molar-refractivity contribution >= 4 is 30.3 Å². The molecule has 0 atom stereocenters. The van der Waals surface area contributed by atoms with Gasteiger partial charge in [-0.1, -0.05) is 13.3 Å². The summed E-state index contributed by atoms with van der Waals surface area (Å²) in [6, 6.07) is 7.21. The summed E-state index contributed by atoms with van der Waals surface area (Å²) < 4.78 is 19.6. The molecule has 0 fully saturated rings. The molecule has 0 aromatic heterocycles. The fourth-order valence-electron chi connectivity index (χ4n) is 5.25. The zero-order valence-electron chi connectivity index (χ0n) is 27.3. The molecule has 0 bridgehead atoms. The quantitative estimate of drug-likeness (QED) is 0.0916. The second-order valence-electron chi connectivity index (χ2n) is 13.5. The first-order chi connectivity index (χ1) is 18.0. The summed E-state index contributed by atoms with van der Waals surface area (Å²) in [5, 5.41) is 0.189. The van der Waals surface area contributed by atoms with E-state index in [2.05, 4.69) is 79.8 Å². The number of unbranched alkanes of at least 4 members (excludes halogenated alkanes) is 10. The van der Waals surface area contributed by atoms with E-state index in [4.69, 9.17) is 9.16 Å². The van der Waals surface area contributed by atoms with Crippen molar-refractivity contribution in [3.63, 3.8) is 0 Å². The molecule has 0 radical (unpaired) electrons. The van der Waals surface area contributed by atoms with E-state index in [1.165, 1.54) is 96.8 Å². The zero-order valence-corrected chi connectivity index (χ0v) is 31.1. The Hall–Kier alpha value is -0.164. The van der Waals surface area contributed by atoms with E-state index in [9.17, 15) is 0 Å². The monoisotopic (exact) mass is 654 g/mol. The molecule has 0 N–H and O–H groups in total. The number of hydrogen-bond donors (Lipinski definition) is 0. The van der Waals surface area contributed by atoms with Crippen molar-refractivity contribution < 1.29 is 9.16 Å². The summed E-state index contributed by atoms with van der Waals surface area (Å²) in [6.45, 7) is 22.0. The molecule has 2 nitrogen and oxygen atoms in total. The van der Waals surface area contributed by atoms with Crippen LogP contribution in [0.2, 0.25) is 31.4 Å². The summed E-state index contributed by atoms with van der Waals surface area (Å²) in [4.78, 5) is 0. The van der Waals surface area contributed by atoms with Gasteiger partial charge in [0.05, 0.1) is 0 Å². The molecule has 0 amide bonds. The molecule has 0 saturated heterocycles. The number of rotatable bonds is 22. The molecule has 1 aromatic rings. The summed E-state index contributed by atoms with van der Waals surface area (Å²) in [6.07, 6.45) is 18.7. The molecular formula is C34H66O2SiSn. The second kappa shape index (κ2) is 19.0. The summed E-state index contributed by atoms with van der Waals surface area (Å²) in [7, 11) is -1.92. The molecule has 0 spiro atoms. The van der Waals surface area contributed by atoms with E-state index < -0.39 is 26.7 Å². The molecule has 0 heterocycles. The predicted octanol–water partition coefficient (Wildman–Crippen LogP) is 11.6. The van der Waals surface area contributed by atoms with E-state index in [-0.39, 0.29) is 5.04 Å². The van der Waals surface area contributed by atoms with Gasteiger partial charge in [0.2, 0.25) is 0 Å². The minimum atomic E-state index is -2.60. The summed E-state index contributed by atoms with van der Waals surface area (Å²) >= 11 is -2.60. The van der Waals surface area contributed by atoms with Gasteiger partial charge in [-0.25, -0.2) is 0 Å².